The van der Waals surface area contributed by atoms with E-state index in [1.807, 2.05) is 66.0 Å². The quantitative estimate of drug-likeness (QED) is 0.421. The van der Waals surface area contributed by atoms with Crippen molar-refractivity contribution in [3.05, 3.63) is 74.0 Å². The van der Waals surface area contributed by atoms with Crippen molar-refractivity contribution < 1.29 is 4.79 Å². The molecular weight excluding hydrogens is 478 g/mol. The van der Waals surface area contributed by atoms with Gasteiger partial charge in [0.25, 0.3) is 5.91 Å². The van der Waals surface area contributed by atoms with Gasteiger partial charge in [-0.05, 0) is 53.7 Å². The zero-order valence-electron chi connectivity index (χ0n) is 23.5. The standard InChI is InChI=1S/C11H18N4.C8H13N3.C8H12N2O.CH4/c1-9(2)15-7-6-11(13-10(15)3)12-8-14(4)5;1-6(2)11-5-4-8(9)10-7(11)3;1-6(2)10-5-4-8(11)9-7(10)3;/h6-9H,3H2,1-2,4-5H3;4-6H,3H2,1-2H3,(H2,9,10);4-6H,3H2,1-2H3,(H,9,11);1H4. The zero-order chi connectivity index (χ0) is 28.3. The predicted molar refractivity (Wildman–Crippen MR) is 162 cm³/mol. The number of amidine groups is 2. The molecule has 0 saturated carbocycles. The molecule has 0 saturated heterocycles. The lowest BCUT2D eigenvalue weighted by Gasteiger charge is -2.29. The molecule has 210 valence electrons. The molecule has 0 spiro atoms. The van der Waals surface area contributed by atoms with Crippen molar-refractivity contribution in [3.63, 3.8) is 0 Å². The summed E-state index contributed by atoms with van der Waals surface area (Å²) in [5, 5.41) is 2.62. The molecule has 0 aromatic rings. The smallest absolute Gasteiger partial charge is 0.250 e. The van der Waals surface area contributed by atoms with Gasteiger partial charge >= 0.3 is 0 Å². The number of aliphatic imine (C=N–C) groups is 3. The molecule has 0 unspecified atom stereocenters. The van der Waals surface area contributed by atoms with Crippen LogP contribution in [0.3, 0.4) is 0 Å². The van der Waals surface area contributed by atoms with Crippen LogP contribution in [0.5, 0.6) is 0 Å². The van der Waals surface area contributed by atoms with Crippen LogP contribution in [0.15, 0.2) is 89.0 Å². The minimum Gasteiger partial charge on any atom is -0.384 e. The molecular formula is C28H47N9O. The molecule has 0 aliphatic carbocycles. The molecule has 3 aliphatic heterocycles. The van der Waals surface area contributed by atoms with Gasteiger partial charge in [0.2, 0.25) is 0 Å². The van der Waals surface area contributed by atoms with Crippen molar-refractivity contribution in [2.45, 2.75) is 67.1 Å². The van der Waals surface area contributed by atoms with E-state index in [4.69, 9.17) is 5.73 Å². The van der Waals surface area contributed by atoms with Gasteiger partial charge in [-0.2, -0.15) is 0 Å². The first kappa shape index (κ1) is 33.9. The topological polar surface area (TPSA) is 105 Å². The number of carbonyl (C=O) groups excluding carboxylic acids is 1. The zero-order valence-corrected chi connectivity index (χ0v) is 23.5. The highest BCUT2D eigenvalue weighted by atomic mass is 16.1. The number of nitrogens with two attached hydrogens (primary N) is 1. The Kier molecular flexibility index (Phi) is 14.2. The first-order valence-electron chi connectivity index (χ1n) is 12.1. The van der Waals surface area contributed by atoms with E-state index in [-0.39, 0.29) is 13.3 Å². The maximum absolute atomic E-state index is 10.8. The maximum Gasteiger partial charge on any atom is 0.250 e. The minimum absolute atomic E-state index is 0. The molecule has 3 heterocycles. The summed E-state index contributed by atoms with van der Waals surface area (Å²) in [4.78, 5) is 31.0. The van der Waals surface area contributed by atoms with E-state index >= 15 is 0 Å². The normalized spacial score (nSPS) is 16.7. The molecule has 0 aromatic carbocycles. The molecule has 0 aromatic heterocycles. The van der Waals surface area contributed by atoms with Crippen LogP contribution in [0.1, 0.15) is 49.0 Å². The summed E-state index contributed by atoms with van der Waals surface area (Å²) < 4.78 is 0. The molecule has 3 N–H and O–H groups in total. The summed E-state index contributed by atoms with van der Waals surface area (Å²) in [6.07, 6.45) is 12.5. The van der Waals surface area contributed by atoms with Gasteiger partial charge in [-0.25, -0.2) is 15.0 Å². The maximum atomic E-state index is 10.8. The summed E-state index contributed by atoms with van der Waals surface area (Å²) in [6, 6.07) is 1.09. The van der Waals surface area contributed by atoms with Gasteiger partial charge in [0.05, 0.1) is 6.34 Å². The predicted octanol–water partition coefficient (Wildman–Crippen LogP) is 4.18. The van der Waals surface area contributed by atoms with Crippen LogP contribution in [0.2, 0.25) is 0 Å². The van der Waals surface area contributed by atoms with Crippen LogP contribution in [-0.2, 0) is 4.79 Å². The lowest BCUT2D eigenvalue weighted by molar-refractivity contribution is -0.116. The highest BCUT2D eigenvalue weighted by molar-refractivity contribution is 5.98. The number of nitrogens with zero attached hydrogens (tertiary/aromatic N) is 7. The van der Waals surface area contributed by atoms with E-state index in [0.717, 1.165) is 5.82 Å². The van der Waals surface area contributed by atoms with Gasteiger partial charge in [0.15, 0.2) is 5.84 Å². The second kappa shape index (κ2) is 15.9. The highest BCUT2D eigenvalue weighted by Crippen LogP contribution is 2.15. The number of hydrogen-bond donors (Lipinski definition) is 2. The van der Waals surface area contributed by atoms with Crippen molar-refractivity contribution in [3.8, 4) is 0 Å². The molecule has 0 atom stereocenters. The van der Waals surface area contributed by atoms with Gasteiger partial charge in [-0.1, -0.05) is 27.2 Å². The first-order chi connectivity index (χ1) is 17.2. The molecule has 3 rings (SSSR count). The molecule has 0 bridgehead atoms. The Labute approximate surface area is 229 Å². The number of rotatable bonds is 4. The Morgan fingerprint density at radius 1 is 0.868 bits per heavy atom. The monoisotopic (exact) mass is 525 g/mol. The second-order valence-electron chi connectivity index (χ2n) is 9.43. The largest absolute Gasteiger partial charge is 0.384 e. The second-order valence-corrected chi connectivity index (χ2v) is 9.43. The third kappa shape index (κ3) is 11.3. The minimum atomic E-state index is -0.105. The average molecular weight is 526 g/mol. The van der Waals surface area contributed by atoms with Crippen LogP contribution < -0.4 is 11.1 Å². The van der Waals surface area contributed by atoms with E-state index < -0.39 is 0 Å². The lowest BCUT2D eigenvalue weighted by atomic mass is 10.3. The van der Waals surface area contributed by atoms with Crippen molar-refractivity contribution in [1.29, 1.82) is 0 Å². The SMILES string of the molecule is C.C=C1N=C(N)C=CN1C(C)C.C=C1N=C(N=CN(C)C)C=CN1C(C)C.C=C1NC(=O)C=CN1C(C)C. The number of nitrogens with one attached hydrogen (secondary N) is 1. The number of carbonyl (C=O) groups is 1. The van der Waals surface area contributed by atoms with Crippen LogP contribution in [-0.4, -0.2) is 75.7 Å². The fourth-order valence-electron chi connectivity index (χ4n) is 3.10. The molecule has 10 heteroatoms. The van der Waals surface area contributed by atoms with E-state index in [0.29, 0.717) is 41.4 Å². The molecule has 3 aliphatic rings. The molecule has 0 fully saturated rings. The number of amides is 1. The van der Waals surface area contributed by atoms with Gasteiger partial charge in [-0.15, -0.1) is 0 Å². The third-order valence-electron chi connectivity index (χ3n) is 4.94. The number of hydrogen-bond acceptors (Lipinski definition) is 8. The Balaban J connectivity index is 0.000000543. The lowest BCUT2D eigenvalue weighted by Crippen LogP contribution is -2.38. The molecule has 38 heavy (non-hydrogen) atoms. The van der Waals surface area contributed by atoms with E-state index in [1.165, 1.54) is 6.08 Å². The summed E-state index contributed by atoms with van der Waals surface area (Å²) in [7, 11) is 3.84. The van der Waals surface area contributed by atoms with Gasteiger partial charge in [-0.3, -0.25) is 4.79 Å². The van der Waals surface area contributed by atoms with Crippen molar-refractivity contribution in [1.82, 2.24) is 24.9 Å². The van der Waals surface area contributed by atoms with Crippen molar-refractivity contribution in [2.24, 2.45) is 20.7 Å². The fraction of sp³-hybridized carbons (Fsp3) is 0.429. The molecule has 0 radical (unpaired) electrons. The Bertz CT molecular complexity index is 1020. The van der Waals surface area contributed by atoms with Crippen molar-refractivity contribution >= 4 is 23.9 Å². The average Bonchev–Trinajstić information content (AvgIpc) is 2.77. The molecule has 1 amide bonds. The van der Waals surface area contributed by atoms with Crippen molar-refractivity contribution in [2.75, 3.05) is 14.1 Å². The summed E-state index contributed by atoms with van der Waals surface area (Å²) in [5.41, 5.74) is 5.46. The summed E-state index contributed by atoms with van der Waals surface area (Å²) in [5.74, 6) is 3.19. The highest BCUT2D eigenvalue weighted by Gasteiger charge is 2.15. The Morgan fingerprint density at radius 3 is 1.76 bits per heavy atom. The van der Waals surface area contributed by atoms with Gasteiger partial charge in [0, 0.05) is 56.9 Å². The van der Waals surface area contributed by atoms with E-state index in [2.05, 4.69) is 67.7 Å². The third-order valence-corrected chi connectivity index (χ3v) is 4.94. The van der Waals surface area contributed by atoms with Crippen LogP contribution in [0.4, 0.5) is 0 Å². The Hall–Kier alpha value is -4.08. The Morgan fingerprint density at radius 2 is 1.34 bits per heavy atom. The van der Waals surface area contributed by atoms with E-state index in [9.17, 15) is 4.79 Å². The summed E-state index contributed by atoms with van der Waals surface area (Å²) >= 11 is 0. The van der Waals surface area contributed by atoms with E-state index in [1.54, 1.807) is 18.6 Å². The van der Waals surface area contributed by atoms with Gasteiger partial charge < -0.3 is 30.7 Å². The molecule has 10 nitrogen and oxygen atoms in total. The summed E-state index contributed by atoms with van der Waals surface area (Å²) in [6.45, 7) is 23.8. The first-order valence-corrected chi connectivity index (χ1v) is 12.1. The fourth-order valence-corrected chi connectivity index (χ4v) is 3.10. The van der Waals surface area contributed by atoms with Crippen LogP contribution >= 0.6 is 0 Å². The van der Waals surface area contributed by atoms with Gasteiger partial charge in [0.1, 0.15) is 23.3 Å². The van der Waals surface area contributed by atoms with Crippen LogP contribution in [0.25, 0.3) is 0 Å². The van der Waals surface area contributed by atoms with Crippen LogP contribution in [0, 0.1) is 0 Å².